The van der Waals surface area contributed by atoms with E-state index in [0.29, 0.717) is 0 Å². The monoisotopic (exact) mass is 243 g/mol. The van der Waals surface area contributed by atoms with E-state index in [-0.39, 0.29) is 18.1 Å². The third-order valence-corrected chi connectivity index (χ3v) is 4.61. The third-order valence-electron chi connectivity index (χ3n) is 4.61. The van der Waals surface area contributed by atoms with Gasteiger partial charge in [0.05, 0.1) is 12.6 Å². The molecule has 96 valence electrons. The van der Waals surface area contributed by atoms with Gasteiger partial charge in [0.15, 0.2) is 0 Å². The normalized spacial score (nSPS) is 22.0. The number of allylic oxidation sites excluding steroid dienone is 1. The van der Waals surface area contributed by atoms with Crippen LogP contribution in [0.3, 0.4) is 0 Å². The summed E-state index contributed by atoms with van der Waals surface area (Å²) in [5.74, 6) is 0. The van der Waals surface area contributed by atoms with Crippen molar-refractivity contribution in [2.45, 2.75) is 37.1 Å². The first-order chi connectivity index (χ1) is 8.80. The summed E-state index contributed by atoms with van der Waals surface area (Å²) in [5.41, 5.74) is 4.37. The van der Waals surface area contributed by atoms with Crippen molar-refractivity contribution in [2.75, 3.05) is 13.7 Å². The second kappa shape index (κ2) is 4.52. The maximum Gasteiger partial charge on any atom is 0.0626 e. The molecule has 18 heavy (non-hydrogen) atoms. The molecule has 1 unspecified atom stereocenters. The van der Waals surface area contributed by atoms with Crippen molar-refractivity contribution in [3.8, 4) is 0 Å². The van der Waals surface area contributed by atoms with Gasteiger partial charge >= 0.3 is 0 Å². The van der Waals surface area contributed by atoms with Crippen molar-refractivity contribution in [3.63, 3.8) is 0 Å². The Labute approximate surface area is 109 Å². The van der Waals surface area contributed by atoms with Gasteiger partial charge < -0.3 is 10.4 Å². The van der Waals surface area contributed by atoms with Crippen LogP contribution in [0.15, 0.2) is 30.3 Å². The lowest BCUT2D eigenvalue weighted by Crippen LogP contribution is -2.29. The second-order valence-corrected chi connectivity index (χ2v) is 5.53. The Hall–Kier alpha value is -1.12. The van der Waals surface area contributed by atoms with Crippen molar-refractivity contribution in [1.82, 2.24) is 5.32 Å². The van der Waals surface area contributed by atoms with E-state index < -0.39 is 0 Å². The Morgan fingerprint density at radius 1 is 1.28 bits per heavy atom. The highest BCUT2D eigenvalue weighted by Crippen LogP contribution is 2.50. The minimum Gasteiger partial charge on any atom is -0.394 e. The zero-order valence-electron chi connectivity index (χ0n) is 10.9. The van der Waals surface area contributed by atoms with Gasteiger partial charge in [-0.1, -0.05) is 43.2 Å². The number of nitrogens with one attached hydrogen (secondary N) is 1. The van der Waals surface area contributed by atoms with Crippen LogP contribution in [0, 0.1) is 0 Å². The fraction of sp³-hybridized carbons (Fsp3) is 0.500. The molecule has 0 aliphatic heterocycles. The standard InChI is InChI=1S/C16H21NO/c1-17-15(11-18)13-10-16(8-4-5-9-16)14-7-3-2-6-12(13)14/h2-3,6-7,10,15,17-18H,4-5,8-9,11H2,1H3. The number of hydrogen-bond donors (Lipinski definition) is 2. The van der Waals surface area contributed by atoms with E-state index in [1.807, 2.05) is 7.05 Å². The molecule has 0 bridgehead atoms. The van der Waals surface area contributed by atoms with Crippen molar-refractivity contribution in [2.24, 2.45) is 0 Å². The Bertz CT molecular complexity index is 468. The first kappa shape index (κ1) is 11.9. The van der Waals surface area contributed by atoms with E-state index >= 15 is 0 Å². The van der Waals surface area contributed by atoms with Crippen LogP contribution in [-0.4, -0.2) is 24.8 Å². The third kappa shape index (κ3) is 1.63. The average molecular weight is 243 g/mol. The summed E-state index contributed by atoms with van der Waals surface area (Å²) in [5, 5.41) is 12.8. The number of likely N-dealkylation sites (N-methyl/N-ethyl adjacent to an activating group) is 1. The Morgan fingerprint density at radius 3 is 2.67 bits per heavy atom. The van der Waals surface area contributed by atoms with E-state index in [2.05, 4.69) is 35.7 Å². The summed E-state index contributed by atoms with van der Waals surface area (Å²) >= 11 is 0. The molecule has 0 aromatic heterocycles. The van der Waals surface area contributed by atoms with Crippen LogP contribution in [0.4, 0.5) is 0 Å². The van der Waals surface area contributed by atoms with Crippen LogP contribution in [-0.2, 0) is 5.41 Å². The van der Waals surface area contributed by atoms with E-state index in [1.165, 1.54) is 42.4 Å². The molecule has 3 rings (SSSR count). The van der Waals surface area contributed by atoms with Crippen LogP contribution < -0.4 is 5.32 Å². The fourth-order valence-electron chi connectivity index (χ4n) is 3.68. The first-order valence-electron chi connectivity index (χ1n) is 6.91. The summed E-state index contributed by atoms with van der Waals surface area (Å²) in [6.45, 7) is 0.159. The second-order valence-electron chi connectivity index (χ2n) is 5.53. The number of rotatable bonds is 3. The van der Waals surface area contributed by atoms with Gasteiger partial charge in [-0.3, -0.25) is 0 Å². The van der Waals surface area contributed by atoms with Crippen molar-refractivity contribution in [3.05, 3.63) is 41.5 Å². The average Bonchev–Trinajstić information content (AvgIpc) is 3.00. The molecule has 2 aliphatic rings. The number of benzene rings is 1. The number of fused-ring (bicyclic) bond motifs is 2. The molecule has 0 radical (unpaired) electrons. The number of aliphatic hydroxyl groups excluding tert-OH is 1. The van der Waals surface area contributed by atoms with Crippen LogP contribution in [0.25, 0.3) is 5.57 Å². The quantitative estimate of drug-likeness (QED) is 0.855. The summed E-state index contributed by atoms with van der Waals surface area (Å²) in [6, 6.07) is 8.78. The van der Waals surface area contributed by atoms with Crippen LogP contribution in [0.2, 0.25) is 0 Å². The minimum absolute atomic E-state index is 0.0612. The zero-order chi connectivity index (χ0) is 12.6. The van der Waals surface area contributed by atoms with E-state index in [9.17, 15) is 5.11 Å². The fourth-order valence-corrected chi connectivity index (χ4v) is 3.68. The van der Waals surface area contributed by atoms with Gasteiger partial charge in [-0.15, -0.1) is 0 Å². The molecule has 1 atom stereocenters. The maximum atomic E-state index is 9.54. The number of hydrogen-bond acceptors (Lipinski definition) is 2. The largest absolute Gasteiger partial charge is 0.394 e. The summed E-state index contributed by atoms with van der Waals surface area (Å²) in [6.07, 6.45) is 7.59. The summed E-state index contributed by atoms with van der Waals surface area (Å²) in [7, 11) is 1.92. The van der Waals surface area contributed by atoms with Gasteiger partial charge in [-0.2, -0.15) is 0 Å². The lowest BCUT2D eigenvalue weighted by molar-refractivity contribution is 0.273. The predicted octanol–water partition coefficient (Wildman–Crippen LogP) is 2.48. The summed E-state index contributed by atoms with van der Waals surface area (Å²) < 4.78 is 0. The van der Waals surface area contributed by atoms with Crippen LogP contribution >= 0.6 is 0 Å². The van der Waals surface area contributed by atoms with E-state index in [1.54, 1.807) is 0 Å². The molecule has 2 N–H and O–H groups in total. The van der Waals surface area contributed by atoms with E-state index in [0.717, 1.165) is 0 Å². The van der Waals surface area contributed by atoms with Gasteiger partial charge in [0.25, 0.3) is 0 Å². The molecule has 0 heterocycles. The first-order valence-corrected chi connectivity index (χ1v) is 6.91. The Kier molecular flexibility index (Phi) is 3.00. The van der Waals surface area contributed by atoms with Crippen molar-refractivity contribution >= 4 is 5.57 Å². The van der Waals surface area contributed by atoms with Crippen molar-refractivity contribution in [1.29, 1.82) is 0 Å². The molecule has 1 aromatic rings. The molecule has 2 aliphatic carbocycles. The number of aliphatic hydroxyl groups is 1. The van der Waals surface area contributed by atoms with Crippen molar-refractivity contribution < 1.29 is 5.11 Å². The van der Waals surface area contributed by atoms with Gasteiger partial charge in [-0.05, 0) is 36.6 Å². The summed E-state index contributed by atoms with van der Waals surface area (Å²) in [4.78, 5) is 0. The molecule has 2 heteroatoms. The Morgan fingerprint density at radius 2 is 2.00 bits per heavy atom. The molecule has 1 aromatic carbocycles. The molecule has 0 amide bonds. The van der Waals surface area contributed by atoms with E-state index in [4.69, 9.17) is 0 Å². The van der Waals surface area contributed by atoms with Crippen LogP contribution in [0.1, 0.15) is 36.8 Å². The minimum atomic E-state index is 0.0612. The highest BCUT2D eigenvalue weighted by molar-refractivity contribution is 5.79. The molecule has 1 fully saturated rings. The lowest BCUT2D eigenvalue weighted by Gasteiger charge is -2.22. The molecule has 0 saturated heterocycles. The van der Waals surface area contributed by atoms with Crippen LogP contribution in [0.5, 0.6) is 0 Å². The molecule has 1 spiro atoms. The molecular formula is C16H21NO. The molecular weight excluding hydrogens is 222 g/mol. The predicted molar refractivity (Wildman–Crippen MR) is 74.5 cm³/mol. The Balaban J connectivity index is 2.10. The lowest BCUT2D eigenvalue weighted by atomic mass is 9.81. The van der Waals surface area contributed by atoms with Gasteiger partial charge in [0, 0.05) is 5.41 Å². The van der Waals surface area contributed by atoms with Gasteiger partial charge in [-0.25, -0.2) is 0 Å². The molecule has 2 nitrogen and oxygen atoms in total. The highest BCUT2D eigenvalue weighted by atomic mass is 16.3. The smallest absolute Gasteiger partial charge is 0.0626 e. The maximum absolute atomic E-state index is 9.54. The van der Waals surface area contributed by atoms with Gasteiger partial charge in [0.2, 0.25) is 0 Å². The zero-order valence-corrected chi connectivity index (χ0v) is 10.9. The van der Waals surface area contributed by atoms with Gasteiger partial charge in [0.1, 0.15) is 0 Å². The SMILES string of the molecule is CNC(CO)C1=CC2(CCCC2)c2ccccc21. The molecule has 1 saturated carbocycles. The highest BCUT2D eigenvalue weighted by Gasteiger charge is 2.41. The topological polar surface area (TPSA) is 32.3 Å².